The third-order valence-electron chi connectivity index (χ3n) is 2.48. The van der Waals surface area contributed by atoms with E-state index >= 15 is 0 Å². The molecule has 1 heterocycles. The van der Waals surface area contributed by atoms with E-state index in [9.17, 15) is 0 Å². The molecule has 3 nitrogen and oxygen atoms in total. The van der Waals surface area contributed by atoms with Crippen LogP contribution in [0.15, 0.2) is 30.6 Å². The molecule has 0 saturated carbocycles. The highest BCUT2D eigenvalue weighted by atomic mass is 35.5. The minimum absolute atomic E-state index is 0.673. The van der Waals surface area contributed by atoms with E-state index in [1.807, 2.05) is 42.9 Å². The number of rotatable bonds is 3. The van der Waals surface area contributed by atoms with Crippen molar-refractivity contribution in [3.05, 3.63) is 47.0 Å². The van der Waals surface area contributed by atoms with E-state index in [2.05, 4.69) is 10.3 Å². The Kier molecular flexibility index (Phi) is 3.15. The molecule has 1 aromatic carbocycles. The van der Waals surface area contributed by atoms with Crippen molar-refractivity contribution in [2.75, 3.05) is 5.32 Å². The largest absolute Gasteiger partial charge is 0.377 e. The number of anilines is 1. The van der Waals surface area contributed by atoms with Crippen LogP contribution in [-0.2, 0) is 13.6 Å². The number of aryl methyl sites for hydroxylation is 2. The summed E-state index contributed by atoms with van der Waals surface area (Å²) in [6, 6.07) is 5.97. The molecule has 1 N–H and O–H groups in total. The first-order valence-electron chi connectivity index (χ1n) is 5.13. The average molecular weight is 236 g/mol. The standard InChI is InChI=1S/C12H14ClN3/c1-9-3-4-11(10(13)7-9)15-8-12-14-5-6-16(12)2/h3-7,15H,8H2,1-2H3. The van der Waals surface area contributed by atoms with Crippen molar-refractivity contribution in [1.82, 2.24) is 9.55 Å². The monoisotopic (exact) mass is 235 g/mol. The van der Waals surface area contributed by atoms with Crippen LogP contribution < -0.4 is 5.32 Å². The van der Waals surface area contributed by atoms with Gasteiger partial charge in [-0.3, -0.25) is 0 Å². The highest BCUT2D eigenvalue weighted by Crippen LogP contribution is 2.22. The lowest BCUT2D eigenvalue weighted by atomic mass is 10.2. The normalized spacial score (nSPS) is 10.4. The van der Waals surface area contributed by atoms with Crippen molar-refractivity contribution in [1.29, 1.82) is 0 Å². The molecule has 0 atom stereocenters. The molecule has 2 rings (SSSR count). The van der Waals surface area contributed by atoms with Crippen LogP contribution in [0, 0.1) is 6.92 Å². The number of aromatic nitrogens is 2. The minimum atomic E-state index is 0.673. The fourth-order valence-corrected chi connectivity index (χ4v) is 1.81. The molecule has 1 aromatic heterocycles. The maximum atomic E-state index is 6.12. The van der Waals surface area contributed by atoms with Gasteiger partial charge in [0.2, 0.25) is 0 Å². The van der Waals surface area contributed by atoms with Gasteiger partial charge in [-0.05, 0) is 24.6 Å². The molecule has 0 aliphatic carbocycles. The van der Waals surface area contributed by atoms with E-state index in [1.54, 1.807) is 6.20 Å². The van der Waals surface area contributed by atoms with Crippen molar-refractivity contribution in [2.24, 2.45) is 7.05 Å². The smallest absolute Gasteiger partial charge is 0.127 e. The zero-order chi connectivity index (χ0) is 11.5. The van der Waals surface area contributed by atoms with Gasteiger partial charge >= 0.3 is 0 Å². The average Bonchev–Trinajstić information content (AvgIpc) is 2.63. The van der Waals surface area contributed by atoms with Crippen LogP contribution in [0.5, 0.6) is 0 Å². The predicted molar refractivity (Wildman–Crippen MR) is 66.7 cm³/mol. The van der Waals surface area contributed by atoms with Crippen molar-refractivity contribution in [2.45, 2.75) is 13.5 Å². The quantitative estimate of drug-likeness (QED) is 0.887. The number of halogens is 1. The molecule has 0 bridgehead atoms. The summed E-state index contributed by atoms with van der Waals surface area (Å²) in [5, 5.41) is 4.01. The Bertz CT molecular complexity index is 491. The van der Waals surface area contributed by atoms with Crippen LogP contribution >= 0.6 is 11.6 Å². The van der Waals surface area contributed by atoms with E-state index in [0.29, 0.717) is 6.54 Å². The van der Waals surface area contributed by atoms with Gasteiger partial charge in [-0.1, -0.05) is 17.7 Å². The Morgan fingerprint density at radius 3 is 2.88 bits per heavy atom. The Hall–Kier alpha value is -1.48. The first-order chi connectivity index (χ1) is 7.66. The zero-order valence-corrected chi connectivity index (χ0v) is 10.1. The van der Waals surface area contributed by atoms with Crippen molar-refractivity contribution >= 4 is 17.3 Å². The van der Waals surface area contributed by atoms with Crippen LogP contribution in [0.3, 0.4) is 0 Å². The van der Waals surface area contributed by atoms with E-state index < -0.39 is 0 Å². The lowest BCUT2D eigenvalue weighted by Crippen LogP contribution is -2.05. The van der Waals surface area contributed by atoms with E-state index in [4.69, 9.17) is 11.6 Å². The highest BCUT2D eigenvalue weighted by molar-refractivity contribution is 6.33. The number of hydrogen-bond donors (Lipinski definition) is 1. The van der Waals surface area contributed by atoms with Crippen LogP contribution in [0.1, 0.15) is 11.4 Å². The maximum Gasteiger partial charge on any atom is 0.127 e. The molecule has 0 spiro atoms. The first-order valence-corrected chi connectivity index (χ1v) is 5.51. The molecular weight excluding hydrogens is 222 g/mol. The minimum Gasteiger partial charge on any atom is -0.377 e. The summed E-state index contributed by atoms with van der Waals surface area (Å²) in [5.74, 6) is 0.983. The second kappa shape index (κ2) is 4.58. The van der Waals surface area contributed by atoms with Gasteiger partial charge < -0.3 is 9.88 Å². The zero-order valence-electron chi connectivity index (χ0n) is 9.37. The molecule has 16 heavy (non-hydrogen) atoms. The summed E-state index contributed by atoms with van der Waals surface area (Å²) in [7, 11) is 1.97. The Balaban J connectivity index is 2.08. The maximum absolute atomic E-state index is 6.12. The summed E-state index contributed by atoms with van der Waals surface area (Å²) in [6.07, 6.45) is 3.71. The predicted octanol–water partition coefficient (Wildman–Crippen LogP) is 2.99. The van der Waals surface area contributed by atoms with Crippen LogP contribution in [0.4, 0.5) is 5.69 Å². The number of nitrogens with one attached hydrogen (secondary N) is 1. The van der Waals surface area contributed by atoms with Crippen LogP contribution in [-0.4, -0.2) is 9.55 Å². The van der Waals surface area contributed by atoms with Crippen LogP contribution in [0.2, 0.25) is 5.02 Å². The fourth-order valence-electron chi connectivity index (χ4n) is 1.50. The van der Waals surface area contributed by atoms with E-state index in [0.717, 1.165) is 22.1 Å². The summed E-state index contributed by atoms with van der Waals surface area (Å²) >= 11 is 6.12. The van der Waals surface area contributed by atoms with Gasteiger partial charge in [-0.2, -0.15) is 0 Å². The molecule has 4 heteroatoms. The summed E-state index contributed by atoms with van der Waals surface area (Å²) < 4.78 is 1.98. The number of benzene rings is 1. The van der Waals surface area contributed by atoms with Gasteiger partial charge in [0.05, 0.1) is 17.3 Å². The molecule has 0 saturated heterocycles. The number of hydrogen-bond acceptors (Lipinski definition) is 2. The Morgan fingerprint density at radius 1 is 1.44 bits per heavy atom. The molecule has 0 aliphatic rings. The molecule has 0 fully saturated rings. The van der Waals surface area contributed by atoms with Crippen molar-refractivity contribution in [3.63, 3.8) is 0 Å². The van der Waals surface area contributed by atoms with Crippen molar-refractivity contribution < 1.29 is 0 Å². The molecule has 0 radical (unpaired) electrons. The van der Waals surface area contributed by atoms with Crippen LogP contribution in [0.25, 0.3) is 0 Å². The number of nitrogens with zero attached hydrogens (tertiary/aromatic N) is 2. The Labute approximate surface area is 100 Å². The molecule has 0 aliphatic heterocycles. The fraction of sp³-hybridized carbons (Fsp3) is 0.250. The van der Waals surface area contributed by atoms with Gasteiger partial charge in [-0.15, -0.1) is 0 Å². The lowest BCUT2D eigenvalue weighted by Gasteiger charge is -2.08. The summed E-state index contributed by atoms with van der Waals surface area (Å²) in [5.41, 5.74) is 2.10. The van der Waals surface area contributed by atoms with E-state index in [1.165, 1.54) is 0 Å². The van der Waals surface area contributed by atoms with E-state index in [-0.39, 0.29) is 0 Å². The van der Waals surface area contributed by atoms with Gasteiger partial charge in [0.25, 0.3) is 0 Å². The van der Waals surface area contributed by atoms with Gasteiger partial charge in [0.1, 0.15) is 5.82 Å². The summed E-state index contributed by atoms with van der Waals surface area (Å²) in [4.78, 5) is 4.24. The topological polar surface area (TPSA) is 29.9 Å². The third-order valence-corrected chi connectivity index (χ3v) is 2.80. The molecule has 84 valence electrons. The summed E-state index contributed by atoms with van der Waals surface area (Å²) in [6.45, 7) is 2.70. The molecule has 0 amide bonds. The van der Waals surface area contributed by atoms with Gasteiger partial charge in [0, 0.05) is 19.4 Å². The number of imidazole rings is 1. The SMILES string of the molecule is Cc1ccc(NCc2nccn2C)c(Cl)c1. The molecule has 2 aromatic rings. The van der Waals surface area contributed by atoms with Crippen molar-refractivity contribution in [3.8, 4) is 0 Å². The molecule has 0 unspecified atom stereocenters. The van der Waals surface area contributed by atoms with Gasteiger partial charge in [0.15, 0.2) is 0 Å². The second-order valence-electron chi connectivity index (χ2n) is 3.79. The highest BCUT2D eigenvalue weighted by Gasteiger charge is 2.02. The Morgan fingerprint density at radius 2 is 2.25 bits per heavy atom. The van der Waals surface area contributed by atoms with Gasteiger partial charge in [-0.25, -0.2) is 4.98 Å². The first kappa shape index (κ1) is 11.0. The second-order valence-corrected chi connectivity index (χ2v) is 4.20. The third kappa shape index (κ3) is 2.36. The molecular formula is C12H14ClN3. The lowest BCUT2D eigenvalue weighted by molar-refractivity contribution is 0.813.